The van der Waals surface area contributed by atoms with Crippen LogP contribution in [0.1, 0.15) is 37.7 Å². The van der Waals surface area contributed by atoms with Gasteiger partial charge in [0.05, 0.1) is 19.8 Å². The first-order valence-electron chi connectivity index (χ1n) is 13.7. The van der Waals surface area contributed by atoms with E-state index in [2.05, 4.69) is 10.6 Å². The highest BCUT2D eigenvalue weighted by Gasteiger charge is 2.43. The quantitative estimate of drug-likeness (QED) is 0.252. The van der Waals surface area contributed by atoms with Crippen molar-refractivity contribution in [1.29, 1.82) is 0 Å². The van der Waals surface area contributed by atoms with Crippen molar-refractivity contribution in [2.75, 3.05) is 65.8 Å². The maximum Gasteiger partial charge on any atom is 0.317 e. The normalized spacial score (nSPS) is 21.4. The van der Waals surface area contributed by atoms with E-state index >= 15 is 0 Å². The molecule has 3 N–H and O–H groups in total. The minimum Gasteiger partial charge on any atom is -0.491 e. The summed E-state index contributed by atoms with van der Waals surface area (Å²) in [6, 6.07) is 7.37. The topological polar surface area (TPSA) is 128 Å². The number of esters is 1. The molecule has 3 fully saturated rings. The molecule has 1 aliphatic carbocycles. The van der Waals surface area contributed by atoms with Gasteiger partial charge in [-0.2, -0.15) is 0 Å². The van der Waals surface area contributed by atoms with Crippen LogP contribution in [0.3, 0.4) is 0 Å². The van der Waals surface area contributed by atoms with Crippen LogP contribution in [0.15, 0.2) is 24.3 Å². The summed E-state index contributed by atoms with van der Waals surface area (Å²) in [6.45, 7) is 4.59. The molecule has 1 spiro atoms. The molecule has 212 valence electrons. The summed E-state index contributed by atoms with van der Waals surface area (Å²) in [5.74, 6) is -0.0413. The Morgan fingerprint density at radius 1 is 1.13 bits per heavy atom. The first-order valence-corrected chi connectivity index (χ1v) is 13.7. The molecule has 2 atom stereocenters. The van der Waals surface area contributed by atoms with Crippen molar-refractivity contribution in [2.24, 2.45) is 0 Å². The zero-order valence-corrected chi connectivity index (χ0v) is 22.0. The van der Waals surface area contributed by atoms with Crippen LogP contribution < -0.4 is 15.4 Å². The Morgan fingerprint density at radius 3 is 2.66 bits per heavy atom. The molecule has 1 saturated carbocycles. The second-order valence-electron chi connectivity index (χ2n) is 10.00. The average molecular weight is 536 g/mol. The van der Waals surface area contributed by atoms with Gasteiger partial charge in [0.1, 0.15) is 31.2 Å². The lowest BCUT2D eigenvalue weighted by Crippen LogP contribution is -2.47. The van der Waals surface area contributed by atoms with E-state index in [1.807, 2.05) is 24.3 Å². The lowest BCUT2D eigenvalue weighted by Gasteiger charge is -2.27. The Balaban J connectivity index is 1.02. The highest BCUT2D eigenvalue weighted by Crippen LogP contribution is 2.39. The molecule has 38 heavy (non-hydrogen) atoms. The predicted octanol–water partition coefficient (Wildman–Crippen LogP) is 1.22. The second kappa shape index (κ2) is 14.6. The molecule has 11 nitrogen and oxygen atoms in total. The van der Waals surface area contributed by atoms with Crippen LogP contribution in [-0.2, 0) is 30.2 Å². The SMILES string of the molecule is O=C(CCc1ccc(OCC(O)CNCCNC(=O)N2CCOCC2)cc1)OCC1COC2(CCCC2)O1. The number of morpholine rings is 1. The zero-order valence-electron chi connectivity index (χ0n) is 22.0. The zero-order chi connectivity index (χ0) is 26.6. The number of hydrogen-bond donors (Lipinski definition) is 3. The van der Waals surface area contributed by atoms with Gasteiger partial charge in [0, 0.05) is 52.0 Å². The van der Waals surface area contributed by atoms with E-state index in [1.54, 1.807) is 4.90 Å². The Labute approximate surface area is 224 Å². The number of carbonyl (C=O) groups is 2. The maximum absolute atomic E-state index is 12.2. The summed E-state index contributed by atoms with van der Waals surface area (Å²) >= 11 is 0. The molecular weight excluding hydrogens is 494 g/mol. The smallest absolute Gasteiger partial charge is 0.317 e. The predicted molar refractivity (Wildman–Crippen MR) is 138 cm³/mol. The van der Waals surface area contributed by atoms with Crippen LogP contribution in [-0.4, -0.2) is 106 Å². The third kappa shape index (κ3) is 9.09. The monoisotopic (exact) mass is 535 g/mol. The van der Waals surface area contributed by atoms with Crippen LogP contribution in [0.2, 0.25) is 0 Å². The minimum absolute atomic E-state index is 0.0925. The number of nitrogens with one attached hydrogen (secondary N) is 2. The minimum atomic E-state index is -0.683. The van der Waals surface area contributed by atoms with Gasteiger partial charge >= 0.3 is 12.0 Å². The van der Waals surface area contributed by atoms with Gasteiger partial charge in [-0.25, -0.2) is 4.79 Å². The summed E-state index contributed by atoms with van der Waals surface area (Å²) in [7, 11) is 0. The van der Waals surface area contributed by atoms with Gasteiger partial charge in [-0.1, -0.05) is 12.1 Å². The molecule has 2 amide bonds. The number of rotatable bonds is 13. The molecule has 0 aromatic heterocycles. The van der Waals surface area contributed by atoms with Crippen molar-refractivity contribution in [3.05, 3.63) is 29.8 Å². The Kier molecular flexibility index (Phi) is 11.0. The highest BCUT2D eigenvalue weighted by molar-refractivity contribution is 5.74. The van der Waals surface area contributed by atoms with Gasteiger partial charge in [0.2, 0.25) is 0 Å². The molecule has 1 aromatic rings. The van der Waals surface area contributed by atoms with Crippen molar-refractivity contribution in [1.82, 2.24) is 15.5 Å². The van der Waals surface area contributed by atoms with Crippen LogP contribution >= 0.6 is 0 Å². The van der Waals surface area contributed by atoms with Crippen molar-refractivity contribution in [3.8, 4) is 5.75 Å². The molecule has 0 bridgehead atoms. The molecule has 2 aliphatic heterocycles. The van der Waals surface area contributed by atoms with Gasteiger partial charge in [-0.05, 0) is 37.0 Å². The van der Waals surface area contributed by atoms with E-state index < -0.39 is 11.9 Å². The lowest BCUT2D eigenvalue weighted by molar-refractivity contribution is -0.171. The van der Waals surface area contributed by atoms with Crippen molar-refractivity contribution in [2.45, 2.75) is 56.5 Å². The Hall–Kier alpha value is -2.44. The summed E-state index contributed by atoms with van der Waals surface area (Å²) in [6.07, 6.45) is 4.07. The molecule has 3 aliphatic rings. The number of carbonyl (C=O) groups excluding carboxylic acids is 2. The van der Waals surface area contributed by atoms with Crippen LogP contribution in [0, 0.1) is 0 Å². The fourth-order valence-corrected chi connectivity index (χ4v) is 4.79. The molecule has 0 radical (unpaired) electrons. The van der Waals surface area contributed by atoms with E-state index in [0.29, 0.717) is 64.7 Å². The summed E-state index contributed by atoms with van der Waals surface area (Å²) < 4.78 is 28.1. The lowest BCUT2D eigenvalue weighted by atomic mass is 10.1. The van der Waals surface area contributed by atoms with E-state index in [9.17, 15) is 14.7 Å². The van der Waals surface area contributed by atoms with Crippen LogP contribution in [0.4, 0.5) is 4.79 Å². The van der Waals surface area contributed by atoms with Gasteiger partial charge < -0.3 is 44.3 Å². The number of aryl methyl sites for hydroxylation is 1. The number of aliphatic hydroxyl groups excluding tert-OH is 1. The Morgan fingerprint density at radius 2 is 1.89 bits per heavy atom. The van der Waals surface area contributed by atoms with Crippen LogP contribution in [0.5, 0.6) is 5.75 Å². The van der Waals surface area contributed by atoms with E-state index in [1.165, 1.54) is 0 Å². The fourth-order valence-electron chi connectivity index (χ4n) is 4.79. The first-order chi connectivity index (χ1) is 18.5. The first kappa shape index (κ1) is 28.6. The Bertz CT molecular complexity index is 872. The number of hydrogen-bond acceptors (Lipinski definition) is 9. The van der Waals surface area contributed by atoms with Gasteiger partial charge in [0.25, 0.3) is 0 Å². The molecule has 2 saturated heterocycles. The van der Waals surface area contributed by atoms with Gasteiger partial charge in [0.15, 0.2) is 5.79 Å². The standard InChI is InChI=1S/C27H41N3O8/c31-22(17-28-11-12-29-26(33)30-13-15-34-16-14-30)18-35-23-6-3-21(4-7-23)5-8-25(32)36-19-24-20-37-27(38-24)9-1-2-10-27/h3-4,6-7,22,24,28,31H,1-2,5,8-20H2,(H,29,33). The van der Waals surface area contributed by atoms with Crippen molar-refractivity contribution in [3.63, 3.8) is 0 Å². The van der Waals surface area contributed by atoms with E-state index in [0.717, 1.165) is 31.2 Å². The number of ether oxygens (including phenoxy) is 5. The third-order valence-electron chi connectivity index (χ3n) is 6.95. The number of nitrogens with zero attached hydrogens (tertiary/aromatic N) is 1. The van der Waals surface area contributed by atoms with E-state index in [-0.39, 0.29) is 37.7 Å². The number of aliphatic hydroxyl groups is 1. The second-order valence-corrected chi connectivity index (χ2v) is 10.00. The highest BCUT2D eigenvalue weighted by atomic mass is 16.8. The summed E-state index contributed by atoms with van der Waals surface area (Å²) in [5, 5.41) is 16.1. The molecular formula is C27H41N3O8. The van der Waals surface area contributed by atoms with E-state index in [4.69, 9.17) is 23.7 Å². The number of benzene rings is 1. The van der Waals surface area contributed by atoms with Crippen molar-refractivity contribution >= 4 is 12.0 Å². The number of amides is 2. The van der Waals surface area contributed by atoms with Gasteiger partial charge in [-0.3, -0.25) is 4.79 Å². The molecule has 4 rings (SSSR count). The maximum atomic E-state index is 12.2. The average Bonchev–Trinajstić information content (AvgIpc) is 3.59. The fraction of sp³-hybridized carbons (Fsp3) is 0.704. The van der Waals surface area contributed by atoms with Crippen LogP contribution in [0.25, 0.3) is 0 Å². The summed E-state index contributed by atoms with van der Waals surface area (Å²) in [4.78, 5) is 25.9. The van der Waals surface area contributed by atoms with Gasteiger partial charge in [-0.15, -0.1) is 0 Å². The summed E-state index contributed by atoms with van der Waals surface area (Å²) in [5.41, 5.74) is 1.00. The molecule has 2 heterocycles. The third-order valence-corrected chi connectivity index (χ3v) is 6.95. The molecule has 1 aromatic carbocycles. The number of urea groups is 1. The largest absolute Gasteiger partial charge is 0.491 e. The molecule has 2 unspecified atom stereocenters. The molecule has 11 heteroatoms. The van der Waals surface area contributed by atoms with Crippen molar-refractivity contribution < 1.29 is 38.4 Å².